The normalized spacial score (nSPS) is 15.3. The fourth-order valence-electron chi connectivity index (χ4n) is 3.85. The zero-order valence-electron chi connectivity index (χ0n) is 19.9. The molecule has 36 heavy (non-hydrogen) atoms. The Labute approximate surface area is 223 Å². The van der Waals surface area contributed by atoms with Crippen molar-refractivity contribution in [3.05, 3.63) is 64.5 Å². The van der Waals surface area contributed by atoms with Crippen LogP contribution in [0.5, 0.6) is 0 Å². The lowest BCUT2D eigenvalue weighted by molar-refractivity contribution is 0.122. The van der Waals surface area contributed by atoms with Crippen LogP contribution in [0.4, 0.5) is 14.7 Å². The lowest BCUT2D eigenvalue weighted by atomic mass is 10.1. The van der Waals surface area contributed by atoms with E-state index in [0.29, 0.717) is 38.1 Å². The standard InChI is InChI=1S/C18H17F2N5O2.C6H8N2.HI/c1-10-21-15-14(12-4-3-11(19)9-13(12)20)22-18(25-5-7-27-8-6-25)23-16(15)17(26)24(10)2;1-4-7-8(5-1)6-2-3-6;/h3-4,9H,5-8H2,1-2H3;1,4-6H,2-3H2;1H. The van der Waals surface area contributed by atoms with Gasteiger partial charge in [0, 0.05) is 44.2 Å². The maximum atomic E-state index is 14.5. The minimum absolute atomic E-state index is 0. The molecular weight excluding hydrogens is 583 g/mol. The van der Waals surface area contributed by atoms with Gasteiger partial charge in [-0.1, -0.05) is 0 Å². The Hall–Kier alpha value is -3.00. The number of halogens is 3. The third-order valence-corrected chi connectivity index (χ3v) is 6.06. The van der Waals surface area contributed by atoms with E-state index in [4.69, 9.17) is 4.74 Å². The van der Waals surface area contributed by atoms with Gasteiger partial charge in [0.1, 0.15) is 28.7 Å². The van der Waals surface area contributed by atoms with Crippen LogP contribution in [0.1, 0.15) is 24.7 Å². The topological polar surface area (TPSA) is 91.0 Å². The molecule has 0 atom stereocenters. The smallest absolute Gasteiger partial charge is 0.279 e. The molecule has 0 unspecified atom stereocenters. The van der Waals surface area contributed by atoms with Gasteiger partial charge >= 0.3 is 0 Å². The van der Waals surface area contributed by atoms with Crippen LogP contribution in [0.25, 0.3) is 22.3 Å². The van der Waals surface area contributed by atoms with Crippen LogP contribution in [0, 0.1) is 18.6 Å². The van der Waals surface area contributed by atoms with Crippen LogP contribution in [-0.4, -0.2) is 55.6 Å². The van der Waals surface area contributed by atoms with Crippen molar-refractivity contribution in [2.75, 3.05) is 31.2 Å². The number of hydrogen-bond acceptors (Lipinski definition) is 7. The number of rotatable bonds is 3. The minimum atomic E-state index is -0.775. The maximum absolute atomic E-state index is 14.5. The highest BCUT2D eigenvalue weighted by atomic mass is 127. The van der Waals surface area contributed by atoms with Crippen LogP contribution < -0.4 is 10.5 Å². The molecule has 6 rings (SSSR count). The first kappa shape index (κ1) is 26.1. The van der Waals surface area contributed by atoms with Crippen molar-refractivity contribution in [2.45, 2.75) is 25.8 Å². The molecule has 190 valence electrons. The molecule has 0 N–H and O–H groups in total. The van der Waals surface area contributed by atoms with E-state index in [1.165, 1.54) is 23.5 Å². The summed E-state index contributed by atoms with van der Waals surface area (Å²) in [6.45, 7) is 3.78. The predicted molar refractivity (Wildman–Crippen MR) is 142 cm³/mol. The molecule has 3 aromatic heterocycles. The Balaban J connectivity index is 0.000000285. The van der Waals surface area contributed by atoms with E-state index in [9.17, 15) is 13.6 Å². The first-order valence-electron chi connectivity index (χ1n) is 11.4. The fraction of sp³-hybridized carbons (Fsp3) is 0.375. The molecule has 0 amide bonds. The third-order valence-electron chi connectivity index (χ3n) is 6.06. The zero-order chi connectivity index (χ0) is 24.5. The number of ether oxygens (including phenoxy) is 1. The number of nitrogens with zero attached hydrogens (tertiary/aromatic N) is 7. The summed E-state index contributed by atoms with van der Waals surface area (Å²) in [5.74, 6) is -0.725. The molecule has 1 aromatic carbocycles. The fourth-order valence-corrected chi connectivity index (χ4v) is 3.85. The van der Waals surface area contributed by atoms with Gasteiger partial charge in [-0.15, -0.1) is 24.0 Å². The molecule has 1 saturated carbocycles. The number of morpholine rings is 1. The molecule has 1 aliphatic heterocycles. The van der Waals surface area contributed by atoms with Crippen molar-refractivity contribution in [3.8, 4) is 11.3 Å². The Morgan fingerprint density at radius 3 is 2.44 bits per heavy atom. The molecule has 1 aliphatic carbocycles. The molecule has 9 nitrogen and oxygen atoms in total. The summed E-state index contributed by atoms with van der Waals surface area (Å²) < 4.78 is 36.6. The lowest BCUT2D eigenvalue weighted by Crippen LogP contribution is -2.37. The average molecular weight is 609 g/mol. The molecule has 12 heteroatoms. The minimum Gasteiger partial charge on any atom is -0.378 e. The Bertz CT molecular complexity index is 1420. The molecule has 1 saturated heterocycles. The number of aryl methyl sites for hydroxylation is 1. The Morgan fingerprint density at radius 1 is 1.06 bits per heavy atom. The van der Waals surface area contributed by atoms with E-state index in [0.717, 1.165) is 18.2 Å². The predicted octanol–water partition coefficient (Wildman–Crippen LogP) is 3.65. The number of anilines is 1. The highest BCUT2D eigenvalue weighted by Crippen LogP contribution is 2.33. The van der Waals surface area contributed by atoms with Gasteiger partial charge in [-0.3, -0.25) is 14.0 Å². The van der Waals surface area contributed by atoms with Crippen molar-refractivity contribution in [1.82, 2.24) is 29.3 Å². The second kappa shape index (κ2) is 10.9. The SMILES string of the molecule is Cc1nc2c(-c3ccc(F)cc3F)nc(N3CCOCC3)nc2c(=O)n1C.I.c1cnn(C2CC2)c1. The number of aromatic nitrogens is 6. The second-order valence-electron chi connectivity index (χ2n) is 8.53. The average Bonchev–Trinajstić information content (AvgIpc) is 3.57. The summed E-state index contributed by atoms with van der Waals surface area (Å²) in [6, 6.07) is 5.94. The molecule has 4 aromatic rings. The van der Waals surface area contributed by atoms with Crippen molar-refractivity contribution in [1.29, 1.82) is 0 Å². The number of hydrogen-bond donors (Lipinski definition) is 0. The molecule has 0 bridgehead atoms. The van der Waals surface area contributed by atoms with Gasteiger partial charge in [0.25, 0.3) is 5.56 Å². The van der Waals surface area contributed by atoms with Crippen LogP contribution in [0.15, 0.2) is 41.5 Å². The molecule has 0 radical (unpaired) electrons. The first-order valence-corrected chi connectivity index (χ1v) is 11.4. The van der Waals surface area contributed by atoms with Crippen LogP contribution >= 0.6 is 24.0 Å². The van der Waals surface area contributed by atoms with Crippen LogP contribution in [0.3, 0.4) is 0 Å². The van der Waals surface area contributed by atoms with Gasteiger partial charge in [-0.25, -0.2) is 23.7 Å². The maximum Gasteiger partial charge on any atom is 0.279 e. The molecular formula is C24H26F2IN7O2. The van der Waals surface area contributed by atoms with Gasteiger partial charge < -0.3 is 9.64 Å². The van der Waals surface area contributed by atoms with Crippen LogP contribution in [-0.2, 0) is 11.8 Å². The lowest BCUT2D eigenvalue weighted by Gasteiger charge is -2.27. The number of fused-ring (bicyclic) bond motifs is 1. The zero-order valence-corrected chi connectivity index (χ0v) is 22.2. The summed E-state index contributed by atoms with van der Waals surface area (Å²) >= 11 is 0. The highest BCUT2D eigenvalue weighted by Gasteiger charge is 2.23. The number of benzene rings is 1. The van der Waals surface area contributed by atoms with E-state index < -0.39 is 11.6 Å². The molecule has 2 fully saturated rings. The van der Waals surface area contributed by atoms with Gasteiger partial charge in [0.15, 0.2) is 5.52 Å². The van der Waals surface area contributed by atoms with Gasteiger partial charge in [-0.2, -0.15) is 5.10 Å². The summed E-state index contributed by atoms with van der Waals surface area (Å²) in [5.41, 5.74) is 0.174. The Morgan fingerprint density at radius 2 is 1.81 bits per heavy atom. The highest BCUT2D eigenvalue weighted by molar-refractivity contribution is 14.0. The van der Waals surface area contributed by atoms with Gasteiger partial charge in [0.2, 0.25) is 5.95 Å². The van der Waals surface area contributed by atoms with Crippen LogP contribution in [0.2, 0.25) is 0 Å². The second-order valence-corrected chi connectivity index (χ2v) is 8.53. The molecule has 0 spiro atoms. The summed E-state index contributed by atoms with van der Waals surface area (Å²) in [4.78, 5) is 27.9. The van der Waals surface area contributed by atoms with E-state index >= 15 is 0 Å². The summed E-state index contributed by atoms with van der Waals surface area (Å²) in [5, 5.41) is 4.09. The van der Waals surface area contributed by atoms with E-state index in [2.05, 4.69) is 20.1 Å². The monoisotopic (exact) mass is 609 g/mol. The first-order chi connectivity index (χ1) is 16.9. The molecule has 4 heterocycles. The Kier molecular flexibility index (Phi) is 7.93. The summed E-state index contributed by atoms with van der Waals surface area (Å²) in [6.07, 6.45) is 6.50. The van der Waals surface area contributed by atoms with Crippen molar-refractivity contribution < 1.29 is 13.5 Å². The van der Waals surface area contributed by atoms with E-state index in [-0.39, 0.29) is 51.8 Å². The van der Waals surface area contributed by atoms with Crippen molar-refractivity contribution in [2.24, 2.45) is 7.05 Å². The van der Waals surface area contributed by atoms with Crippen molar-refractivity contribution in [3.63, 3.8) is 0 Å². The van der Waals surface area contributed by atoms with E-state index in [1.807, 2.05) is 28.0 Å². The summed E-state index contributed by atoms with van der Waals surface area (Å²) in [7, 11) is 1.60. The van der Waals surface area contributed by atoms with E-state index in [1.54, 1.807) is 14.0 Å². The van der Waals surface area contributed by atoms with Gasteiger partial charge in [-0.05, 0) is 38.0 Å². The van der Waals surface area contributed by atoms with Gasteiger partial charge in [0.05, 0.1) is 19.3 Å². The third kappa shape index (κ3) is 5.38. The largest absolute Gasteiger partial charge is 0.378 e. The quantitative estimate of drug-likeness (QED) is 0.328. The molecule has 2 aliphatic rings. The van der Waals surface area contributed by atoms with Crippen molar-refractivity contribution >= 4 is 41.0 Å².